The van der Waals surface area contributed by atoms with E-state index in [1.54, 1.807) is 22.9 Å². The number of fused-ring (bicyclic) bond motifs is 2. The average molecular weight is 569 g/mol. The Morgan fingerprint density at radius 3 is 2.86 bits per heavy atom. The van der Waals surface area contributed by atoms with Crippen LogP contribution in [0.3, 0.4) is 0 Å². The minimum absolute atomic E-state index is 0.0531. The number of carbonyl (C=O) groups is 1. The van der Waals surface area contributed by atoms with E-state index in [1.165, 1.54) is 6.07 Å². The molecule has 1 N–H and O–H groups in total. The van der Waals surface area contributed by atoms with Crippen molar-refractivity contribution in [3.63, 3.8) is 0 Å². The first kappa shape index (κ1) is 27.5. The van der Waals surface area contributed by atoms with E-state index in [-0.39, 0.29) is 30.3 Å². The Morgan fingerprint density at radius 1 is 1.26 bits per heavy atom. The number of nitrogens with zero attached hydrogens (tertiary/aromatic N) is 5. The lowest BCUT2D eigenvalue weighted by molar-refractivity contribution is 0.0224. The predicted molar refractivity (Wildman–Crippen MR) is 157 cm³/mol. The highest BCUT2D eigenvalue weighted by Gasteiger charge is 2.33. The number of halogens is 1. The van der Waals surface area contributed by atoms with Gasteiger partial charge in [-0.25, -0.2) is 14.2 Å². The molecule has 0 aliphatic carbocycles. The summed E-state index contributed by atoms with van der Waals surface area (Å²) >= 11 is 0. The van der Waals surface area contributed by atoms with E-state index < -0.39 is 5.60 Å². The molecule has 0 saturated carbocycles. The quantitative estimate of drug-likeness (QED) is 0.261. The van der Waals surface area contributed by atoms with E-state index in [9.17, 15) is 9.18 Å². The van der Waals surface area contributed by atoms with Crippen molar-refractivity contribution in [2.75, 3.05) is 18.5 Å². The van der Waals surface area contributed by atoms with Gasteiger partial charge in [0.1, 0.15) is 17.2 Å². The zero-order chi connectivity index (χ0) is 29.6. The molecular weight excluding hydrogens is 535 g/mol. The van der Waals surface area contributed by atoms with Crippen LogP contribution in [-0.4, -0.2) is 44.1 Å². The lowest BCUT2D eigenvalue weighted by Gasteiger charge is -2.29. The number of rotatable bonds is 5. The number of aryl methyl sites for hydroxylation is 1. The number of benzene rings is 2. The Balaban J connectivity index is 1.30. The number of ether oxygens (including phenoxy) is 2. The van der Waals surface area contributed by atoms with Crippen molar-refractivity contribution in [1.82, 2.24) is 19.3 Å². The minimum Gasteiger partial charge on any atom is -0.493 e. The summed E-state index contributed by atoms with van der Waals surface area (Å²) in [5, 5.41) is 3.25. The third-order valence-corrected chi connectivity index (χ3v) is 7.76. The van der Waals surface area contributed by atoms with Crippen LogP contribution in [0.15, 0.2) is 42.7 Å². The van der Waals surface area contributed by atoms with Gasteiger partial charge in [0.25, 0.3) is 5.82 Å². The van der Waals surface area contributed by atoms with Crippen LogP contribution in [0, 0.1) is 19.3 Å². The van der Waals surface area contributed by atoms with Crippen LogP contribution in [0.1, 0.15) is 61.9 Å². The van der Waals surface area contributed by atoms with Crippen LogP contribution in [0.5, 0.6) is 5.75 Å². The molecule has 1 amide bonds. The van der Waals surface area contributed by atoms with Crippen molar-refractivity contribution in [3.05, 3.63) is 82.2 Å². The van der Waals surface area contributed by atoms with Gasteiger partial charge in [-0.05, 0) is 69.4 Å². The number of imidazole rings is 1. The van der Waals surface area contributed by atoms with Crippen LogP contribution in [-0.2, 0) is 17.7 Å². The molecule has 10 heteroatoms. The van der Waals surface area contributed by atoms with Crippen molar-refractivity contribution in [2.24, 2.45) is 0 Å². The zero-order valence-corrected chi connectivity index (χ0v) is 24.2. The molecule has 2 aromatic carbocycles. The summed E-state index contributed by atoms with van der Waals surface area (Å²) in [6.45, 7) is 16.6. The second kappa shape index (κ2) is 10.6. The first-order chi connectivity index (χ1) is 20.1. The Morgan fingerprint density at radius 2 is 2.10 bits per heavy atom. The maximum absolute atomic E-state index is 14.7. The van der Waals surface area contributed by atoms with Gasteiger partial charge < -0.3 is 24.5 Å². The van der Waals surface area contributed by atoms with Crippen LogP contribution >= 0.6 is 0 Å². The van der Waals surface area contributed by atoms with Gasteiger partial charge in [-0.1, -0.05) is 29.8 Å². The molecule has 0 radical (unpaired) electrons. The predicted octanol–water partition coefficient (Wildman–Crippen LogP) is 7.01. The van der Waals surface area contributed by atoms with Crippen molar-refractivity contribution in [3.8, 4) is 16.9 Å². The minimum atomic E-state index is -0.554. The fourth-order valence-corrected chi connectivity index (χ4v) is 5.86. The Kier molecular flexibility index (Phi) is 6.97. The third-order valence-electron chi connectivity index (χ3n) is 7.76. The Labute approximate surface area is 244 Å². The largest absolute Gasteiger partial charge is 0.493 e. The van der Waals surface area contributed by atoms with Crippen molar-refractivity contribution in [2.45, 2.75) is 65.1 Å². The fraction of sp³-hybridized carbons (Fsp3) is 0.375. The number of hydrogen-bond donors (Lipinski definition) is 1. The SMILES string of the molecule is [C-]#[N+]c1cn2c(NCc3c(F)ccc4c3CCO4)ncc(-c3ccc(C4CCCN4C(=O)OC(C)(C)C)cc3C)c2n1. The molecule has 6 rings (SSSR count). The monoisotopic (exact) mass is 568 g/mol. The molecule has 2 aromatic heterocycles. The molecule has 1 atom stereocenters. The number of carbonyl (C=O) groups excluding carboxylic acids is 1. The summed E-state index contributed by atoms with van der Waals surface area (Å²) < 4.78 is 27.7. The molecule has 2 aliphatic heterocycles. The van der Waals surface area contributed by atoms with E-state index in [0.717, 1.165) is 40.7 Å². The van der Waals surface area contributed by atoms with Gasteiger partial charge in [-0.3, -0.25) is 4.40 Å². The maximum Gasteiger partial charge on any atom is 0.410 e. The first-order valence-electron chi connectivity index (χ1n) is 14.2. The van der Waals surface area contributed by atoms with Crippen LogP contribution < -0.4 is 10.1 Å². The lowest BCUT2D eigenvalue weighted by atomic mass is 9.96. The average Bonchev–Trinajstić information content (AvgIpc) is 3.71. The molecule has 1 unspecified atom stereocenters. The van der Waals surface area contributed by atoms with Gasteiger partial charge >= 0.3 is 6.09 Å². The zero-order valence-electron chi connectivity index (χ0n) is 24.2. The van der Waals surface area contributed by atoms with Gasteiger partial charge in [-0.15, -0.1) is 0 Å². The molecule has 42 heavy (non-hydrogen) atoms. The summed E-state index contributed by atoms with van der Waals surface area (Å²) in [4.78, 5) is 27.5. The molecule has 9 nitrogen and oxygen atoms in total. The number of hydrogen-bond acceptors (Lipinski definition) is 6. The van der Waals surface area contributed by atoms with Crippen LogP contribution in [0.25, 0.3) is 21.6 Å². The van der Waals surface area contributed by atoms with Gasteiger partial charge in [-0.2, -0.15) is 0 Å². The van der Waals surface area contributed by atoms with Crippen molar-refractivity contribution in [1.29, 1.82) is 0 Å². The molecule has 2 aliphatic rings. The van der Waals surface area contributed by atoms with Gasteiger partial charge in [0, 0.05) is 43.0 Å². The Hall–Kier alpha value is -4.65. The van der Waals surface area contributed by atoms with Crippen LogP contribution in [0.4, 0.5) is 21.0 Å². The second-order valence-electron chi connectivity index (χ2n) is 11.8. The Bertz CT molecular complexity index is 1740. The summed E-state index contributed by atoms with van der Waals surface area (Å²) in [6.07, 6.45) is 5.52. The number of anilines is 1. The molecule has 216 valence electrons. The number of nitrogens with one attached hydrogen (secondary N) is 1. The summed E-state index contributed by atoms with van der Waals surface area (Å²) in [6, 6.07) is 9.20. The summed E-state index contributed by atoms with van der Waals surface area (Å²) in [5.74, 6) is 1.11. The van der Waals surface area contributed by atoms with Crippen LogP contribution in [0.2, 0.25) is 0 Å². The van der Waals surface area contributed by atoms with E-state index >= 15 is 0 Å². The van der Waals surface area contributed by atoms with E-state index in [2.05, 4.69) is 26.2 Å². The number of likely N-dealkylation sites (tertiary alicyclic amines) is 1. The van der Waals surface area contributed by atoms with E-state index in [1.807, 2.05) is 44.7 Å². The molecule has 4 heterocycles. The third kappa shape index (κ3) is 5.11. The molecule has 1 fully saturated rings. The molecule has 4 aromatic rings. The van der Waals surface area contributed by atoms with Gasteiger partial charge in [0.05, 0.1) is 18.2 Å². The molecule has 0 spiro atoms. The standard InChI is InChI=1S/C32H33FN6O3/c1-19-15-20(26-7-6-13-38(26)31(40)42-32(2,3)4)8-9-21(19)24-17-36-30(39-18-28(34-5)37-29(24)39)35-16-23-22-12-14-41-27(22)11-10-25(23)33/h8-11,15,17-18,26H,6-7,12-14,16H2,1-4H3,(H,35,36). The highest BCUT2D eigenvalue weighted by Crippen LogP contribution is 2.37. The molecule has 1 saturated heterocycles. The van der Waals surface area contributed by atoms with Gasteiger partial charge in [0.2, 0.25) is 11.6 Å². The fourth-order valence-electron chi connectivity index (χ4n) is 5.86. The highest BCUT2D eigenvalue weighted by atomic mass is 19.1. The van der Waals surface area contributed by atoms with E-state index in [0.29, 0.717) is 42.5 Å². The number of aromatic nitrogens is 3. The topological polar surface area (TPSA) is 85.4 Å². The first-order valence-corrected chi connectivity index (χ1v) is 14.2. The summed E-state index contributed by atoms with van der Waals surface area (Å²) in [7, 11) is 0. The normalized spacial score (nSPS) is 16.3. The van der Waals surface area contributed by atoms with Crippen molar-refractivity contribution >= 4 is 23.5 Å². The highest BCUT2D eigenvalue weighted by molar-refractivity contribution is 5.81. The van der Waals surface area contributed by atoms with E-state index in [4.69, 9.17) is 16.0 Å². The molecular formula is C32H33FN6O3. The number of amides is 1. The van der Waals surface area contributed by atoms with Crippen molar-refractivity contribution < 1.29 is 18.7 Å². The molecule has 0 bridgehead atoms. The summed E-state index contributed by atoms with van der Waals surface area (Å²) in [5.41, 5.74) is 5.19. The second-order valence-corrected chi connectivity index (χ2v) is 11.8. The lowest BCUT2D eigenvalue weighted by Crippen LogP contribution is -2.36. The van der Waals surface area contributed by atoms with Gasteiger partial charge in [0.15, 0.2) is 0 Å². The smallest absolute Gasteiger partial charge is 0.410 e. The maximum atomic E-state index is 14.7.